The highest BCUT2D eigenvalue weighted by atomic mass is 35.5. The number of amides is 1. The summed E-state index contributed by atoms with van der Waals surface area (Å²) in [4.78, 5) is 20.0. The molecule has 2 heterocycles. The first-order valence-corrected chi connectivity index (χ1v) is 13.0. The van der Waals surface area contributed by atoms with Crippen molar-refractivity contribution in [2.45, 2.75) is 39.8 Å². The molecule has 3 N–H and O–H groups in total. The third-order valence-electron chi connectivity index (χ3n) is 4.80. The second kappa shape index (κ2) is 10.6. The molecule has 0 aliphatic heterocycles. The average Bonchev–Trinajstić information content (AvgIpc) is 3.19. The fourth-order valence-electron chi connectivity index (χ4n) is 3.31. The second-order valence-electron chi connectivity index (χ2n) is 8.40. The summed E-state index contributed by atoms with van der Waals surface area (Å²) < 4.78 is 42.7. The lowest BCUT2D eigenvalue weighted by Crippen LogP contribution is -2.36. The summed E-state index contributed by atoms with van der Waals surface area (Å²) in [7, 11) is -3.74. The van der Waals surface area contributed by atoms with Crippen LogP contribution in [0.2, 0.25) is 5.02 Å². The van der Waals surface area contributed by atoms with Crippen LogP contribution in [0.25, 0.3) is 22.5 Å². The van der Waals surface area contributed by atoms with Gasteiger partial charge in [-0.05, 0) is 39.0 Å². The summed E-state index contributed by atoms with van der Waals surface area (Å²) in [5.41, 5.74) is 0.952. The number of aromatic nitrogens is 4. The first kappa shape index (κ1) is 26.4. The van der Waals surface area contributed by atoms with Gasteiger partial charge in [-0.25, -0.2) is 22.8 Å². The molecule has 1 atom stereocenters. The van der Waals surface area contributed by atoms with Gasteiger partial charge in [0.05, 0.1) is 17.6 Å². The molecule has 0 spiro atoms. The zero-order valence-corrected chi connectivity index (χ0v) is 21.5. The van der Waals surface area contributed by atoms with E-state index in [9.17, 15) is 13.2 Å². The van der Waals surface area contributed by atoms with Crippen LogP contribution in [0.5, 0.6) is 0 Å². The summed E-state index contributed by atoms with van der Waals surface area (Å²) in [6, 6.07) is 4.04. The number of carbonyl (C=O) groups excluding carboxylic acids is 1. The van der Waals surface area contributed by atoms with Crippen molar-refractivity contribution in [2.75, 3.05) is 22.8 Å². The van der Waals surface area contributed by atoms with Crippen LogP contribution >= 0.6 is 11.6 Å². The van der Waals surface area contributed by atoms with Crippen molar-refractivity contribution in [1.29, 1.82) is 0 Å². The molecule has 10 nitrogen and oxygen atoms in total. The van der Waals surface area contributed by atoms with Gasteiger partial charge in [0.25, 0.3) is 0 Å². The van der Waals surface area contributed by atoms with E-state index in [2.05, 4.69) is 30.4 Å². The Morgan fingerprint density at radius 2 is 1.94 bits per heavy atom. The van der Waals surface area contributed by atoms with Crippen molar-refractivity contribution in [1.82, 2.24) is 25.1 Å². The second-order valence-corrected chi connectivity index (χ2v) is 10.6. The molecular formula is C22H27ClFN7O3S. The zero-order chi connectivity index (χ0) is 25.9. The number of nitrogens with zero attached hydrogens (tertiary/aromatic N) is 4. The summed E-state index contributed by atoms with van der Waals surface area (Å²) in [5.74, 6) is -0.645. The Bertz CT molecular complexity index is 1340. The van der Waals surface area contributed by atoms with E-state index in [-0.39, 0.29) is 40.0 Å². The van der Waals surface area contributed by atoms with Crippen LogP contribution in [0.15, 0.2) is 30.6 Å². The van der Waals surface area contributed by atoms with E-state index in [0.717, 1.165) is 6.26 Å². The Morgan fingerprint density at radius 1 is 1.23 bits per heavy atom. The van der Waals surface area contributed by atoms with Crippen LogP contribution in [0.1, 0.15) is 33.7 Å². The third kappa shape index (κ3) is 6.89. The maximum absolute atomic E-state index is 15.5. The van der Waals surface area contributed by atoms with Gasteiger partial charge >= 0.3 is 0 Å². The molecule has 0 aliphatic carbocycles. The number of nitrogens with one attached hydrogen (secondary N) is 3. The van der Waals surface area contributed by atoms with Crippen LogP contribution in [-0.2, 0) is 14.8 Å². The van der Waals surface area contributed by atoms with Crippen LogP contribution < -0.4 is 15.4 Å². The molecule has 0 saturated heterocycles. The van der Waals surface area contributed by atoms with Crippen molar-refractivity contribution in [3.8, 4) is 22.5 Å². The molecular weight excluding hydrogens is 497 g/mol. The van der Waals surface area contributed by atoms with Crippen molar-refractivity contribution >= 4 is 39.2 Å². The topological polar surface area (TPSA) is 131 Å². The van der Waals surface area contributed by atoms with E-state index >= 15 is 4.39 Å². The minimum Gasteiger partial charge on any atom is -0.352 e. The van der Waals surface area contributed by atoms with Gasteiger partial charge in [0.1, 0.15) is 5.69 Å². The lowest BCUT2D eigenvalue weighted by atomic mass is 10.0. The minimum absolute atomic E-state index is 0.0189. The molecule has 188 valence electrons. The van der Waals surface area contributed by atoms with Gasteiger partial charge in [-0.1, -0.05) is 11.6 Å². The minimum atomic E-state index is -3.74. The number of rotatable bonds is 9. The van der Waals surface area contributed by atoms with Gasteiger partial charge in [-0.3, -0.25) is 14.2 Å². The standard InChI is InChI=1S/C22H27ClFN7O3S/c1-12(2)31-11-17(18-6-7-25-22(28-18)26-10-13(3)27-14(4)32)21(29-31)16-8-15(23)9-19(20(16)24)30-35(5,33)34/h6-9,11-13,30H,10H2,1-5H3,(H,27,32)(H,25,26,28)/t13-/m0/s1. The fraction of sp³-hybridized carbons (Fsp3) is 0.364. The number of sulfonamides is 1. The number of anilines is 2. The summed E-state index contributed by atoms with van der Waals surface area (Å²) in [6.45, 7) is 7.51. The fourth-order valence-corrected chi connectivity index (χ4v) is 4.08. The molecule has 0 fully saturated rings. The van der Waals surface area contributed by atoms with Gasteiger partial charge in [-0.2, -0.15) is 5.10 Å². The van der Waals surface area contributed by atoms with E-state index in [0.29, 0.717) is 23.8 Å². The van der Waals surface area contributed by atoms with Crippen LogP contribution in [-0.4, -0.2) is 52.9 Å². The molecule has 3 aromatic rings. The maximum Gasteiger partial charge on any atom is 0.229 e. The molecule has 0 radical (unpaired) electrons. The van der Waals surface area contributed by atoms with Crippen molar-refractivity contribution < 1.29 is 17.6 Å². The third-order valence-corrected chi connectivity index (χ3v) is 5.61. The van der Waals surface area contributed by atoms with E-state index in [1.54, 1.807) is 23.1 Å². The predicted octanol–water partition coefficient (Wildman–Crippen LogP) is 3.69. The molecule has 35 heavy (non-hydrogen) atoms. The van der Waals surface area contributed by atoms with Crippen molar-refractivity contribution in [2.24, 2.45) is 0 Å². The van der Waals surface area contributed by atoms with Gasteiger partial charge in [0.2, 0.25) is 21.9 Å². The number of halogens is 2. The maximum atomic E-state index is 15.5. The average molecular weight is 524 g/mol. The molecule has 1 amide bonds. The number of hydrogen-bond acceptors (Lipinski definition) is 7. The Labute approximate surface area is 208 Å². The molecule has 0 saturated carbocycles. The Hall–Kier alpha value is -3.25. The first-order valence-electron chi connectivity index (χ1n) is 10.7. The zero-order valence-electron chi connectivity index (χ0n) is 19.9. The van der Waals surface area contributed by atoms with E-state index in [1.807, 2.05) is 20.8 Å². The van der Waals surface area contributed by atoms with Crippen LogP contribution in [0.4, 0.5) is 16.0 Å². The molecule has 3 rings (SSSR count). The highest BCUT2D eigenvalue weighted by Gasteiger charge is 2.22. The van der Waals surface area contributed by atoms with Gasteiger partial charge < -0.3 is 10.6 Å². The van der Waals surface area contributed by atoms with E-state index < -0.39 is 15.8 Å². The monoisotopic (exact) mass is 523 g/mol. The van der Waals surface area contributed by atoms with Gasteiger partial charge in [0.15, 0.2) is 5.82 Å². The largest absolute Gasteiger partial charge is 0.352 e. The molecule has 13 heteroatoms. The Balaban J connectivity index is 2.06. The molecule has 0 bridgehead atoms. The lowest BCUT2D eigenvalue weighted by molar-refractivity contribution is -0.119. The lowest BCUT2D eigenvalue weighted by Gasteiger charge is -2.13. The quantitative estimate of drug-likeness (QED) is 0.390. The SMILES string of the molecule is CC(=O)N[C@@H](C)CNc1nccc(-c2cn(C(C)C)nc2-c2cc(Cl)cc(NS(C)(=O)=O)c2F)n1. The summed E-state index contributed by atoms with van der Waals surface area (Å²) in [5, 5.41) is 10.5. The van der Waals surface area contributed by atoms with Crippen molar-refractivity contribution in [3.05, 3.63) is 41.4 Å². The molecule has 1 aromatic carbocycles. The normalized spacial score (nSPS) is 12.5. The molecule has 2 aromatic heterocycles. The number of benzene rings is 1. The Morgan fingerprint density at radius 3 is 2.57 bits per heavy atom. The predicted molar refractivity (Wildman–Crippen MR) is 134 cm³/mol. The van der Waals surface area contributed by atoms with Crippen molar-refractivity contribution in [3.63, 3.8) is 0 Å². The van der Waals surface area contributed by atoms with Crippen LogP contribution in [0.3, 0.4) is 0 Å². The van der Waals surface area contributed by atoms with Gasteiger partial charge in [0, 0.05) is 54.1 Å². The Kier molecular flexibility index (Phi) is 7.96. The highest BCUT2D eigenvalue weighted by molar-refractivity contribution is 7.92. The van der Waals surface area contributed by atoms with Crippen LogP contribution in [0, 0.1) is 5.82 Å². The van der Waals surface area contributed by atoms with E-state index in [4.69, 9.17) is 11.6 Å². The van der Waals surface area contributed by atoms with E-state index in [1.165, 1.54) is 19.1 Å². The summed E-state index contributed by atoms with van der Waals surface area (Å²) >= 11 is 6.20. The smallest absolute Gasteiger partial charge is 0.229 e. The highest BCUT2D eigenvalue weighted by Crippen LogP contribution is 2.37. The molecule has 0 aliphatic rings. The summed E-state index contributed by atoms with van der Waals surface area (Å²) in [6.07, 6.45) is 4.21. The number of carbonyl (C=O) groups is 1. The number of hydrogen-bond donors (Lipinski definition) is 3. The first-order chi connectivity index (χ1) is 16.3. The van der Waals surface area contributed by atoms with Gasteiger partial charge in [-0.15, -0.1) is 0 Å². The molecule has 0 unspecified atom stereocenters.